The number of nitrogens with one attached hydrogen (secondary N) is 1. The lowest BCUT2D eigenvalue weighted by Gasteiger charge is -2.29. The van der Waals surface area contributed by atoms with Gasteiger partial charge in [-0.2, -0.15) is 0 Å². The van der Waals surface area contributed by atoms with E-state index >= 15 is 0 Å². The summed E-state index contributed by atoms with van der Waals surface area (Å²) in [6, 6.07) is 6.09. The van der Waals surface area contributed by atoms with Gasteiger partial charge in [0.2, 0.25) is 0 Å². The molecule has 0 atom stereocenters. The van der Waals surface area contributed by atoms with Crippen molar-refractivity contribution in [3.8, 4) is 11.1 Å². The zero-order chi connectivity index (χ0) is 20.8. The van der Waals surface area contributed by atoms with Crippen LogP contribution in [0, 0.1) is 13.8 Å². The Morgan fingerprint density at radius 1 is 1.04 bits per heavy atom. The van der Waals surface area contributed by atoms with Gasteiger partial charge in [0.05, 0.1) is 0 Å². The number of hydrogen-bond acceptors (Lipinski definition) is 3. The van der Waals surface area contributed by atoms with Gasteiger partial charge in [-0.1, -0.05) is 32.9 Å². The molecule has 152 valence electrons. The maximum atomic E-state index is 13.1. The zero-order valence-electron chi connectivity index (χ0n) is 18.1. The third-order valence-corrected chi connectivity index (χ3v) is 5.11. The van der Waals surface area contributed by atoms with Crippen LogP contribution in [0.15, 0.2) is 29.2 Å². The summed E-state index contributed by atoms with van der Waals surface area (Å²) in [6.07, 6.45) is 2.66. The summed E-state index contributed by atoms with van der Waals surface area (Å²) in [7, 11) is 1.77. The number of carbonyl (C=O) groups is 1. The fourth-order valence-corrected chi connectivity index (χ4v) is 3.67. The van der Waals surface area contributed by atoms with Crippen molar-refractivity contribution in [2.24, 2.45) is 7.05 Å². The molecule has 0 saturated carbocycles. The Morgan fingerprint density at radius 3 is 2.21 bits per heavy atom. The van der Waals surface area contributed by atoms with Gasteiger partial charge in [-0.3, -0.25) is 9.59 Å². The molecule has 2 heterocycles. The topological polar surface area (TPSA) is 54.3 Å². The molecule has 1 aromatic carbocycles. The molecule has 5 heteroatoms. The number of amides is 1. The molecule has 0 unspecified atom stereocenters. The molecular formula is C23H33N3O2. The molecule has 1 aliphatic heterocycles. The van der Waals surface area contributed by atoms with Crippen LogP contribution in [0.1, 0.15) is 47.8 Å². The summed E-state index contributed by atoms with van der Waals surface area (Å²) in [5.41, 5.74) is 5.69. The summed E-state index contributed by atoms with van der Waals surface area (Å²) in [6.45, 7) is 13.1. The van der Waals surface area contributed by atoms with Gasteiger partial charge in [0.1, 0.15) is 0 Å². The summed E-state index contributed by atoms with van der Waals surface area (Å²) >= 11 is 0. The van der Waals surface area contributed by atoms with Crippen LogP contribution in [-0.2, 0) is 13.5 Å². The minimum absolute atomic E-state index is 0.0201. The maximum absolute atomic E-state index is 13.1. The first-order chi connectivity index (χ1) is 13.4. The normalized spacial score (nSPS) is 13.7. The van der Waals surface area contributed by atoms with Gasteiger partial charge in [0.25, 0.3) is 11.5 Å². The maximum Gasteiger partial charge on any atom is 0.254 e. The van der Waals surface area contributed by atoms with Crippen molar-refractivity contribution in [3.05, 3.63) is 57.0 Å². The minimum atomic E-state index is 0.0201. The Bertz CT molecular complexity index is 867. The second-order valence-corrected chi connectivity index (χ2v) is 7.05. The Kier molecular flexibility index (Phi) is 7.58. The molecule has 1 amide bonds. The average Bonchev–Trinajstić information content (AvgIpc) is 2.72. The van der Waals surface area contributed by atoms with Crippen molar-refractivity contribution in [1.82, 2.24) is 14.8 Å². The van der Waals surface area contributed by atoms with E-state index in [-0.39, 0.29) is 11.5 Å². The Hall–Kier alpha value is -2.40. The quantitative estimate of drug-likeness (QED) is 0.885. The highest BCUT2D eigenvalue weighted by atomic mass is 16.2. The summed E-state index contributed by atoms with van der Waals surface area (Å²) in [4.78, 5) is 27.0. The number of pyridine rings is 1. The first-order valence-electron chi connectivity index (χ1n) is 10.2. The van der Waals surface area contributed by atoms with Gasteiger partial charge in [-0.05, 0) is 48.6 Å². The van der Waals surface area contributed by atoms with E-state index in [1.807, 2.05) is 44.9 Å². The number of hydrogen-bond donors (Lipinski definition) is 1. The van der Waals surface area contributed by atoms with Gasteiger partial charge >= 0.3 is 0 Å². The molecule has 0 radical (unpaired) electrons. The van der Waals surface area contributed by atoms with Crippen molar-refractivity contribution in [2.45, 2.75) is 41.0 Å². The zero-order valence-corrected chi connectivity index (χ0v) is 18.1. The van der Waals surface area contributed by atoms with Crippen LogP contribution in [0.2, 0.25) is 0 Å². The molecule has 1 saturated heterocycles. The molecule has 0 aliphatic carbocycles. The number of carbonyl (C=O) groups excluding carboxylic acids is 1. The van der Waals surface area contributed by atoms with E-state index in [0.29, 0.717) is 0 Å². The minimum Gasteiger partial charge on any atom is -0.336 e. The van der Waals surface area contributed by atoms with Crippen molar-refractivity contribution >= 4 is 5.91 Å². The Labute approximate surface area is 168 Å². The van der Waals surface area contributed by atoms with Gasteiger partial charge in [0, 0.05) is 50.6 Å². The second kappa shape index (κ2) is 9.69. The molecule has 1 N–H and O–H groups in total. The molecule has 5 nitrogen and oxygen atoms in total. The van der Waals surface area contributed by atoms with E-state index in [0.717, 1.165) is 66.0 Å². The van der Waals surface area contributed by atoms with E-state index in [1.165, 1.54) is 0 Å². The van der Waals surface area contributed by atoms with Crippen LogP contribution < -0.4 is 10.9 Å². The Morgan fingerprint density at radius 2 is 1.64 bits per heavy atom. The van der Waals surface area contributed by atoms with Crippen molar-refractivity contribution in [1.29, 1.82) is 0 Å². The third kappa shape index (κ3) is 4.53. The third-order valence-electron chi connectivity index (χ3n) is 5.11. The number of aryl methyl sites for hydroxylation is 4. The van der Waals surface area contributed by atoms with E-state index in [2.05, 4.69) is 24.4 Å². The molecule has 28 heavy (non-hydrogen) atoms. The highest BCUT2D eigenvalue weighted by Gasteiger charge is 2.22. The number of benzene rings is 1. The smallest absolute Gasteiger partial charge is 0.254 e. The van der Waals surface area contributed by atoms with Gasteiger partial charge in [-0.15, -0.1) is 0 Å². The average molecular weight is 384 g/mol. The number of piperazine rings is 1. The molecule has 1 fully saturated rings. The highest BCUT2D eigenvalue weighted by Crippen LogP contribution is 2.27. The standard InChI is InChI=1S/C21H27N3O2.C2H6/c1-5-16-12-17(18-11-15(3)20(25)23(4)13-18)10-14(2)19(16)21(26)24-8-6-22-7-9-24;1-2/h10-13,22H,5-9H2,1-4H3;1-2H3. The van der Waals surface area contributed by atoms with Crippen molar-refractivity contribution < 1.29 is 4.79 Å². The largest absolute Gasteiger partial charge is 0.336 e. The first-order valence-corrected chi connectivity index (χ1v) is 10.2. The fourth-order valence-electron chi connectivity index (χ4n) is 3.67. The predicted octanol–water partition coefficient (Wildman–Crippen LogP) is 3.30. The van der Waals surface area contributed by atoms with Gasteiger partial charge in [-0.25, -0.2) is 0 Å². The SMILES string of the molecule is CC.CCc1cc(-c2cc(C)c(=O)n(C)c2)cc(C)c1C(=O)N1CCNCC1. The van der Waals surface area contributed by atoms with Crippen LogP contribution in [0.5, 0.6) is 0 Å². The fraction of sp³-hybridized carbons (Fsp3) is 0.478. The summed E-state index contributed by atoms with van der Waals surface area (Å²) in [5, 5.41) is 3.29. The summed E-state index contributed by atoms with van der Waals surface area (Å²) < 4.78 is 1.62. The summed E-state index contributed by atoms with van der Waals surface area (Å²) in [5.74, 6) is 0.129. The first kappa shape index (κ1) is 21.9. The number of aromatic nitrogens is 1. The molecule has 0 spiro atoms. The lowest BCUT2D eigenvalue weighted by atomic mass is 9.93. The van der Waals surface area contributed by atoms with Crippen molar-refractivity contribution in [3.63, 3.8) is 0 Å². The lowest BCUT2D eigenvalue weighted by Crippen LogP contribution is -2.46. The van der Waals surface area contributed by atoms with E-state index < -0.39 is 0 Å². The van der Waals surface area contributed by atoms with E-state index in [9.17, 15) is 9.59 Å². The molecule has 1 aromatic heterocycles. The molecular weight excluding hydrogens is 350 g/mol. The molecule has 3 rings (SSSR count). The van der Waals surface area contributed by atoms with E-state index in [4.69, 9.17) is 0 Å². The predicted molar refractivity (Wildman–Crippen MR) is 116 cm³/mol. The highest BCUT2D eigenvalue weighted by molar-refractivity contribution is 5.98. The second-order valence-electron chi connectivity index (χ2n) is 7.05. The number of rotatable bonds is 3. The van der Waals surface area contributed by atoms with Crippen LogP contribution >= 0.6 is 0 Å². The van der Waals surface area contributed by atoms with Crippen LogP contribution in [0.3, 0.4) is 0 Å². The van der Waals surface area contributed by atoms with Crippen LogP contribution in [-0.4, -0.2) is 41.6 Å². The lowest BCUT2D eigenvalue weighted by molar-refractivity contribution is 0.0734. The van der Waals surface area contributed by atoms with Crippen LogP contribution in [0.4, 0.5) is 0 Å². The number of nitrogens with zero attached hydrogens (tertiary/aromatic N) is 2. The molecule has 2 aromatic rings. The molecule has 0 bridgehead atoms. The van der Waals surface area contributed by atoms with Crippen LogP contribution in [0.25, 0.3) is 11.1 Å². The van der Waals surface area contributed by atoms with Crippen molar-refractivity contribution in [2.75, 3.05) is 26.2 Å². The van der Waals surface area contributed by atoms with Gasteiger partial charge < -0.3 is 14.8 Å². The van der Waals surface area contributed by atoms with Gasteiger partial charge in [0.15, 0.2) is 0 Å². The monoisotopic (exact) mass is 383 g/mol. The molecule has 1 aliphatic rings. The van der Waals surface area contributed by atoms with E-state index in [1.54, 1.807) is 11.6 Å². The Balaban J connectivity index is 0.00000136.